The summed E-state index contributed by atoms with van der Waals surface area (Å²) in [6.07, 6.45) is 0. The third kappa shape index (κ3) is 2.06. The summed E-state index contributed by atoms with van der Waals surface area (Å²) < 4.78 is 26.0. The van der Waals surface area contributed by atoms with Crippen molar-refractivity contribution >= 4 is 0 Å². The maximum atomic E-state index is 13.2. The summed E-state index contributed by atoms with van der Waals surface area (Å²) >= 11 is 0. The molecule has 1 atom stereocenters. The smallest absolute Gasteiger partial charge is 0.164 e. The molecule has 0 saturated heterocycles. The Labute approximate surface area is 81.2 Å². The van der Waals surface area contributed by atoms with Crippen molar-refractivity contribution in [2.45, 2.75) is 13.0 Å². The Balaban J connectivity index is 3.05. The number of halogens is 2. The molecule has 14 heavy (non-hydrogen) atoms. The van der Waals surface area contributed by atoms with E-state index in [9.17, 15) is 8.78 Å². The summed E-state index contributed by atoms with van der Waals surface area (Å²) in [4.78, 5) is 0. The van der Waals surface area contributed by atoms with Gasteiger partial charge < -0.3 is 0 Å². The lowest BCUT2D eigenvalue weighted by Crippen LogP contribution is -2.20. The molecule has 0 aliphatic heterocycles. The topological polar surface area (TPSA) is 35.8 Å². The molecular weight excluding hydrogens is 186 g/mol. The number of hydrogen-bond acceptors (Lipinski definition) is 2. The minimum atomic E-state index is -0.958. The third-order valence-electron chi connectivity index (χ3n) is 1.83. The molecular formula is C10H10F2N2. The van der Waals surface area contributed by atoms with Crippen LogP contribution in [0.2, 0.25) is 0 Å². The molecule has 0 aliphatic carbocycles. The maximum Gasteiger partial charge on any atom is 0.164 e. The van der Waals surface area contributed by atoms with E-state index < -0.39 is 17.7 Å². The fourth-order valence-corrected chi connectivity index (χ4v) is 1.17. The van der Waals surface area contributed by atoms with Crippen molar-refractivity contribution in [3.63, 3.8) is 0 Å². The van der Waals surface area contributed by atoms with E-state index >= 15 is 0 Å². The second-order valence-electron chi connectivity index (χ2n) is 2.76. The van der Waals surface area contributed by atoms with Gasteiger partial charge in [0.2, 0.25) is 0 Å². The van der Waals surface area contributed by atoms with Gasteiger partial charge in [0.1, 0.15) is 6.04 Å². The van der Waals surface area contributed by atoms with Crippen molar-refractivity contribution in [2.75, 3.05) is 6.54 Å². The SMILES string of the molecule is CCNC(C#N)c1cccc(F)c1F. The fraction of sp³-hybridized carbons (Fsp3) is 0.300. The quantitative estimate of drug-likeness (QED) is 0.803. The first kappa shape index (κ1) is 10.6. The minimum Gasteiger partial charge on any atom is -0.298 e. The van der Waals surface area contributed by atoms with Crippen molar-refractivity contribution < 1.29 is 8.78 Å². The van der Waals surface area contributed by atoms with Crippen LogP contribution < -0.4 is 5.32 Å². The van der Waals surface area contributed by atoms with Gasteiger partial charge in [-0.2, -0.15) is 5.26 Å². The van der Waals surface area contributed by atoms with E-state index in [1.807, 2.05) is 6.07 Å². The van der Waals surface area contributed by atoms with E-state index in [0.29, 0.717) is 6.54 Å². The Morgan fingerprint density at radius 2 is 2.21 bits per heavy atom. The Kier molecular flexibility index (Phi) is 3.55. The van der Waals surface area contributed by atoms with E-state index in [1.54, 1.807) is 6.92 Å². The normalized spacial score (nSPS) is 12.1. The molecule has 2 nitrogen and oxygen atoms in total. The Morgan fingerprint density at radius 3 is 2.79 bits per heavy atom. The van der Waals surface area contributed by atoms with Gasteiger partial charge in [0.25, 0.3) is 0 Å². The van der Waals surface area contributed by atoms with E-state index in [2.05, 4.69) is 5.32 Å². The Bertz CT molecular complexity index is 358. The second-order valence-corrected chi connectivity index (χ2v) is 2.76. The first-order chi connectivity index (χ1) is 6.70. The number of nitriles is 1. The molecule has 1 unspecified atom stereocenters. The number of hydrogen-bond donors (Lipinski definition) is 1. The molecule has 0 amide bonds. The van der Waals surface area contributed by atoms with Crippen LogP contribution >= 0.6 is 0 Å². The lowest BCUT2D eigenvalue weighted by molar-refractivity contribution is 0.487. The summed E-state index contributed by atoms with van der Waals surface area (Å²) in [5.74, 6) is -1.89. The van der Waals surface area contributed by atoms with Gasteiger partial charge in [-0.25, -0.2) is 8.78 Å². The molecule has 0 aromatic heterocycles. The van der Waals surface area contributed by atoms with E-state index in [4.69, 9.17) is 5.26 Å². The molecule has 0 saturated carbocycles. The lowest BCUT2D eigenvalue weighted by atomic mass is 10.1. The van der Waals surface area contributed by atoms with Crippen molar-refractivity contribution in [1.29, 1.82) is 5.26 Å². The highest BCUT2D eigenvalue weighted by molar-refractivity contribution is 5.26. The van der Waals surface area contributed by atoms with Crippen molar-refractivity contribution in [2.24, 2.45) is 0 Å². The van der Waals surface area contributed by atoms with Crippen LogP contribution in [-0.4, -0.2) is 6.54 Å². The van der Waals surface area contributed by atoms with Gasteiger partial charge in [-0.1, -0.05) is 19.1 Å². The first-order valence-electron chi connectivity index (χ1n) is 4.27. The van der Waals surface area contributed by atoms with E-state index in [-0.39, 0.29) is 5.56 Å². The average molecular weight is 196 g/mol. The number of nitrogens with zero attached hydrogens (tertiary/aromatic N) is 1. The summed E-state index contributed by atoms with van der Waals surface area (Å²) in [7, 11) is 0. The molecule has 4 heteroatoms. The predicted molar refractivity (Wildman–Crippen MR) is 48.4 cm³/mol. The molecule has 74 valence electrons. The molecule has 0 aliphatic rings. The summed E-state index contributed by atoms with van der Waals surface area (Å²) in [6.45, 7) is 2.32. The number of benzene rings is 1. The molecule has 0 heterocycles. The van der Waals surface area contributed by atoms with Crippen LogP contribution in [0.3, 0.4) is 0 Å². The van der Waals surface area contributed by atoms with Gasteiger partial charge in [-0.05, 0) is 12.6 Å². The monoisotopic (exact) mass is 196 g/mol. The third-order valence-corrected chi connectivity index (χ3v) is 1.83. The van der Waals surface area contributed by atoms with Crippen LogP contribution in [0.4, 0.5) is 8.78 Å². The van der Waals surface area contributed by atoms with Crippen molar-refractivity contribution in [3.8, 4) is 6.07 Å². The summed E-state index contributed by atoms with van der Waals surface area (Å²) in [5, 5.41) is 11.5. The molecule has 0 bridgehead atoms. The minimum absolute atomic E-state index is 0.0503. The highest BCUT2D eigenvalue weighted by Crippen LogP contribution is 2.18. The molecule has 0 fully saturated rings. The van der Waals surface area contributed by atoms with Crippen LogP contribution in [0.5, 0.6) is 0 Å². The highest BCUT2D eigenvalue weighted by Gasteiger charge is 2.16. The largest absolute Gasteiger partial charge is 0.298 e. The fourth-order valence-electron chi connectivity index (χ4n) is 1.17. The molecule has 0 radical (unpaired) electrons. The number of nitrogens with one attached hydrogen (secondary N) is 1. The zero-order chi connectivity index (χ0) is 10.6. The highest BCUT2D eigenvalue weighted by atomic mass is 19.2. The van der Waals surface area contributed by atoms with Crippen LogP contribution in [0.1, 0.15) is 18.5 Å². The second kappa shape index (κ2) is 4.68. The summed E-state index contributed by atoms with van der Waals surface area (Å²) in [6, 6.07) is 4.88. The predicted octanol–water partition coefficient (Wildman–Crippen LogP) is 2.14. The number of rotatable bonds is 3. The molecule has 0 spiro atoms. The first-order valence-corrected chi connectivity index (χ1v) is 4.27. The standard InChI is InChI=1S/C10H10F2N2/c1-2-14-9(6-13)7-4-3-5-8(11)10(7)12/h3-5,9,14H,2H2,1H3. The van der Waals surface area contributed by atoms with Gasteiger partial charge in [-0.3, -0.25) is 5.32 Å². The van der Waals surface area contributed by atoms with Crippen molar-refractivity contribution in [3.05, 3.63) is 35.4 Å². The van der Waals surface area contributed by atoms with Gasteiger partial charge in [0, 0.05) is 5.56 Å². The molecule has 1 rings (SSSR count). The van der Waals surface area contributed by atoms with Crippen LogP contribution in [-0.2, 0) is 0 Å². The average Bonchev–Trinajstić information content (AvgIpc) is 2.19. The maximum absolute atomic E-state index is 13.2. The van der Waals surface area contributed by atoms with Crippen LogP contribution in [0.15, 0.2) is 18.2 Å². The van der Waals surface area contributed by atoms with Gasteiger partial charge in [0.15, 0.2) is 11.6 Å². The van der Waals surface area contributed by atoms with Gasteiger partial charge >= 0.3 is 0 Å². The Hall–Kier alpha value is -1.47. The van der Waals surface area contributed by atoms with Gasteiger partial charge in [-0.15, -0.1) is 0 Å². The molecule has 1 aromatic carbocycles. The van der Waals surface area contributed by atoms with E-state index in [0.717, 1.165) is 6.07 Å². The Morgan fingerprint density at radius 1 is 1.50 bits per heavy atom. The van der Waals surface area contributed by atoms with Crippen molar-refractivity contribution in [1.82, 2.24) is 5.32 Å². The summed E-state index contributed by atoms with van der Waals surface area (Å²) in [5.41, 5.74) is 0.0503. The van der Waals surface area contributed by atoms with Gasteiger partial charge in [0.05, 0.1) is 6.07 Å². The molecule has 1 N–H and O–H groups in total. The molecule has 1 aromatic rings. The zero-order valence-electron chi connectivity index (χ0n) is 7.72. The van der Waals surface area contributed by atoms with Crippen LogP contribution in [0.25, 0.3) is 0 Å². The van der Waals surface area contributed by atoms with Crippen LogP contribution in [0, 0.1) is 23.0 Å². The lowest BCUT2D eigenvalue weighted by Gasteiger charge is -2.10. The zero-order valence-corrected chi connectivity index (χ0v) is 7.72. The van der Waals surface area contributed by atoms with E-state index in [1.165, 1.54) is 12.1 Å².